The van der Waals surface area contributed by atoms with E-state index in [1.807, 2.05) is 0 Å². The molecule has 0 saturated heterocycles. The molecule has 0 bridgehead atoms. The average Bonchev–Trinajstić information content (AvgIpc) is 2.48. The predicted octanol–water partition coefficient (Wildman–Crippen LogP) is 3.44. The van der Waals surface area contributed by atoms with Crippen LogP contribution in [-0.4, -0.2) is 19.2 Å². The zero-order valence-corrected chi connectivity index (χ0v) is 12.3. The maximum Gasteiger partial charge on any atom is 0.333 e. The molecule has 0 radical (unpaired) electrons. The van der Waals surface area contributed by atoms with Gasteiger partial charge in [0, 0.05) is 11.6 Å². The Labute approximate surface area is 125 Å². The maximum atomic E-state index is 11.4. The van der Waals surface area contributed by atoms with Crippen LogP contribution in [0.1, 0.15) is 12.5 Å². The third-order valence-corrected chi connectivity index (χ3v) is 2.39. The molecule has 0 aromatic heterocycles. The van der Waals surface area contributed by atoms with Crippen LogP contribution in [0.3, 0.4) is 0 Å². The molecule has 1 aromatic rings. The summed E-state index contributed by atoms with van der Waals surface area (Å²) in [6.07, 6.45) is 3.30. The molecule has 0 heterocycles. The van der Waals surface area contributed by atoms with Crippen molar-refractivity contribution >= 4 is 5.97 Å². The highest BCUT2D eigenvalue weighted by molar-refractivity contribution is 5.86. The lowest BCUT2D eigenvalue weighted by atomic mass is 10.2. The molecule has 112 valence electrons. The summed E-state index contributed by atoms with van der Waals surface area (Å²) < 4.78 is 16.1. The summed E-state index contributed by atoms with van der Waals surface area (Å²) in [5, 5.41) is 0. The van der Waals surface area contributed by atoms with Gasteiger partial charge in [0.15, 0.2) is 0 Å². The Morgan fingerprint density at radius 2 is 1.62 bits per heavy atom. The van der Waals surface area contributed by atoms with E-state index in [2.05, 4.69) is 19.7 Å². The molecule has 0 atom stereocenters. The zero-order valence-electron chi connectivity index (χ0n) is 12.3. The number of carbonyl (C=O) groups excluding carboxylic acids is 1. The first-order chi connectivity index (χ1) is 10.1. The van der Waals surface area contributed by atoms with Gasteiger partial charge in [-0.2, -0.15) is 0 Å². The second kappa shape index (κ2) is 8.64. The molecule has 4 nitrogen and oxygen atoms in total. The first-order valence-electron chi connectivity index (χ1n) is 6.50. The molecule has 0 saturated carbocycles. The summed E-state index contributed by atoms with van der Waals surface area (Å²) in [5.74, 6) is 0.816. The molecule has 0 unspecified atom stereocenters. The van der Waals surface area contributed by atoms with Gasteiger partial charge in [-0.3, -0.25) is 0 Å². The van der Waals surface area contributed by atoms with Crippen molar-refractivity contribution in [1.82, 2.24) is 0 Å². The number of hydrogen-bond acceptors (Lipinski definition) is 4. The van der Waals surface area contributed by atoms with Crippen LogP contribution in [0.5, 0.6) is 11.5 Å². The van der Waals surface area contributed by atoms with Crippen molar-refractivity contribution in [3.8, 4) is 11.5 Å². The maximum absolute atomic E-state index is 11.4. The van der Waals surface area contributed by atoms with E-state index >= 15 is 0 Å². The van der Waals surface area contributed by atoms with Crippen molar-refractivity contribution in [2.24, 2.45) is 0 Å². The summed E-state index contributed by atoms with van der Waals surface area (Å²) in [6.45, 7) is 13.2. The molecule has 0 aliphatic rings. The molecule has 0 amide bonds. The van der Waals surface area contributed by atoms with Crippen LogP contribution >= 0.6 is 0 Å². The van der Waals surface area contributed by atoms with Crippen LogP contribution in [0, 0.1) is 0 Å². The van der Waals surface area contributed by atoms with Crippen molar-refractivity contribution in [3.63, 3.8) is 0 Å². The van der Waals surface area contributed by atoms with Crippen LogP contribution in [0.15, 0.2) is 55.7 Å². The van der Waals surface area contributed by atoms with Crippen molar-refractivity contribution < 1.29 is 19.0 Å². The Kier molecular flexibility index (Phi) is 6.81. The second-order valence-electron chi connectivity index (χ2n) is 4.37. The fourth-order valence-corrected chi connectivity index (χ4v) is 1.46. The van der Waals surface area contributed by atoms with Crippen LogP contribution in [0.2, 0.25) is 0 Å². The van der Waals surface area contributed by atoms with Crippen LogP contribution < -0.4 is 9.47 Å². The Balaban J connectivity index is 2.83. The average molecular weight is 288 g/mol. The van der Waals surface area contributed by atoms with Crippen molar-refractivity contribution in [3.05, 3.63) is 61.2 Å². The highest BCUT2D eigenvalue weighted by atomic mass is 16.5. The zero-order chi connectivity index (χ0) is 15.7. The number of ether oxygens (including phenoxy) is 3. The lowest BCUT2D eigenvalue weighted by Crippen LogP contribution is -2.05. The van der Waals surface area contributed by atoms with E-state index in [9.17, 15) is 4.79 Å². The van der Waals surface area contributed by atoms with Crippen LogP contribution in [0.4, 0.5) is 0 Å². The molecule has 1 rings (SSSR count). The van der Waals surface area contributed by atoms with E-state index in [0.717, 1.165) is 5.56 Å². The third kappa shape index (κ3) is 5.99. The van der Waals surface area contributed by atoms with Gasteiger partial charge in [-0.1, -0.05) is 31.9 Å². The third-order valence-electron chi connectivity index (χ3n) is 2.39. The van der Waals surface area contributed by atoms with E-state index in [0.29, 0.717) is 30.3 Å². The second-order valence-corrected chi connectivity index (χ2v) is 4.37. The van der Waals surface area contributed by atoms with Gasteiger partial charge in [0.05, 0.1) is 0 Å². The molecule has 0 fully saturated rings. The monoisotopic (exact) mass is 288 g/mol. The van der Waals surface area contributed by atoms with Gasteiger partial charge in [0.2, 0.25) is 0 Å². The van der Waals surface area contributed by atoms with Crippen molar-refractivity contribution in [2.75, 3.05) is 13.2 Å². The van der Waals surface area contributed by atoms with Gasteiger partial charge in [-0.05, 0) is 24.6 Å². The van der Waals surface area contributed by atoms with E-state index in [1.165, 1.54) is 0 Å². The number of rotatable bonds is 9. The molecular weight excluding hydrogens is 268 g/mol. The minimum atomic E-state index is -0.430. The quantitative estimate of drug-likeness (QED) is 0.397. The van der Waals surface area contributed by atoms with E-state index in [-0.39, 0.29) is 6.61 Å². The summed E-state index contributed by atoms with van der Waals surface area (Å²) in [6, 6.07) is 5.34. The minimum absolute atomic E-state index is 0.126. The topological polar surface area (TPSA) is 44.8 Å². The minimum Gasteiger partial charge on any atom is -0.489 e. The highest BCUT2D eigenvalue weighted by Crippen LogP contribution is 2.24. The van der Waals surface area contributed by atoms with Crippen LogP contribution in [-0.2, 0) is 16.1 Å². The summed E-state index contributed by atoms with van der Waals surface area (Å²) >= 11 is 0. The molecule has 0 aliphatic carbocycles. The lowest BCUT2D eigenvalue weighted by molar-refractivity contribution is -0.140. The first kappa shape index (κ1) is 16.6. The van der Waals surface area contributed by atoms with Gasteiger partial charge >= 0.3 is 5.97 Å². The van der Waals surface area contributed by atoms with E-state index in [4.69, 9.17) is 14.2 Å². The standard InChI is InChI=1S/C17H20O4/c1-5-7-19-15-9-14(12-21-17(18)13(3)4)10-16(11-15)20-8-6-2/h5-6,9-11H,1-3,7-8,12H2,4H3. The molecule has 4 heteroatoms. The van der Waals surface area contributed by atoms with Crippen LogP contribution in [0.25, 0.3) is 0 Å². The molecular formula is C17H20O4. The fraction of sp³-hybridized carbons (Fsp3) is 0.235. The first-order valence-corrected chi connectivity index (χ1v) is 6.50. The number of benzene rings is 1. The van der Waals surface area contributed by atoms with Gasteiger partial charge < -0.3 is 14.2 Å². The normalized spacial score (nSPS) is 9.57. The van der Waals surface area contributed by atoms with E-state index in [1.54, 1.807) is 37.3 Å². The summed E-state index contributed by atoms with van der Waals surface area (Å²) in [4.78, 5) is 11.4. The van der Waals surface area contributed by atoms with Gasteiger partial charge in [-0.15, -0.1) is 0 Å². The van der Waals surface area contributed by atoms with E-state index < -0.39 is 5.97 Å². The number of esters is 1. The molecule has 1 aromatic carbocycles. The fourth-order valence-electron chi connectivity index (χ4n) is 1.46. The van der Waals surface area contributed by atoms with Crippen molar-refractivity contribution in [2.45, 2.75) is 13.5 Å². The molecule has 0 N–H and O–H groups in total. The van der Waals surface area contributed by atoms with Gasteiger partial charge in [0.25, 0.3) is 0 Å². The van der Waals surface area contributed by atoms with Gasteiger partial charge in [-0.25, -0.2) is 4.79 Å². The molecule has 0 aliphatic heterocycles. The Morgan fingerprint density at radius 1 is 1.10 bits per heavy atom. The van der Waals surface area contributed by atoms with Gasteiger partial charge in [0.1, 0.15) is 31.3 Å². The number of hydrogen-bond donors (Lipinski definition) is 0. The highest BCUT2D eigenvalue weighted by Gasteiger charge is 2.07. The predicted molar refractivity (Wildman–Crippen MR) is 82.4 cm³/mol. The summed E-state index contributed by atoms with van der Waals surface area (Å²) in [5.41, 5.74) is 1.13. The Bertz CT molecular complexity index is 501. The van der Waals surface area contributed by atoms with Crippen molar-refractivity contribution in [1.29, 1.82) is 0 Å². The molecule has 0 spiro atoms. The SMILES string of the molecule is C=CCOc1cc(COC(=O)C(=C)C)cc(OCC=C)c1. The smallest absolute Gasteiger partial charge is 0.333 e. The largest absolute Gasteiger partial charge is 0.489 e. The Morgan fingerprint density at radius 3 is 2.05 bits per heavy atom. The Hall–Kier alpha value is -2.49. The number of carbonyl (C=O) groups is 1. The lowest BCUT2D eigenvalue weighted by Gasteiger charge is -2.11. The molecule has 21 heavy (non-hydrogen) atoms. The summed E-state index contributed by atoms with van der Waals surface area (Å²) in [7, 11) is 0.